The van der Waals surface area contributed by atoms with Crippen LogP contribution in [-0.4, -0.2) is 31.8 Å². The molecule has 36 heavy (non-hydrogen) atoms. The van der Waals surface area contributed by atoms with Crippen LogP contribution in [0, 0.1) is 0 Å². The van der Waals surface area contributed by atoms with E-state index in [1.165, 1.54) is 43.3 Å². The van der Waals surface area contributed by atoms with Crippen molar-refractivity contribution in [3.63, 3.8) is 0 Å². The third-order valence-electron chi connectivity index (χ3n) is 4.62. The van der Waals surface area contributed by atoms with Gasteiger partial charge in [-0.3, -0.25) is 4.79 Å². The van der Waals surface area contributed by atoms with Crippen molar-refractivity contribution in [3.8, 4) is 0 Å². The van der Waals surface area contributed by atoms with Crippen molar-refractivity contribution in [2.24, 2.45) is 0 Å². The summed E-state index contributed by atoms with van der Waals surface area (Å²) < 4.78 is 70.7. The monoisotopic (exact) mass is 543 g/mol. The Balaban J connectivity index is 0.00000324. The maximum atomic E-state index is 11.9. The van der Waals surface area contributed by atoms with Crippen LogP contribution in [0.2, 0.25) is 0 Å². The SMILES string of the molecule is CC(=O)Nc1ccc(/C=C/c2ccc(/C=C/c3ccccc3)cc2S(=O)(=O)[O-])c(S(=O)(=O)[O-])c1.[Na+].[Na+]. The molecule has 0 aromatic heterocycles. The van der Waals surface area contributed by atoms with Crippen molar-refractivity contribution < 1.29 is 89.9 Å². The molecule has 0 aliphatic heterocycles. The second kappa shape index (κ2) is 13.8. The first kappa shape index (κ1) is 32.5. The zero-order valence-corrected chi connectivity index (χ0v) is 25.5. The van der Waals surface area contributed by atoms with Crippen LogP contribution in [0.1, 0.15) is 29.2 Å². The fraction of sp³-hybridized carbons (Fsp3) is 0.0417. The Labute approximate surface area is 254 Å². The molecule has 3 aromatic rings. The number of anilines is 1. The molecule has 0 unspecified atom stereocenters. The summed E-state index contributed by atoms with van der Waals surface area (Å²) >= 11 is 0. The quantitative estimate of drug-likeness (QED) is 0.202. The van der Waals surface area contributed by atoms with Crippen molar-refractivity contribution in [3.05, 3.63) is 89.0 Å². The molecule has 0 aliphatic rings. The fourth-order valence-corrected chi connectivity index (χ4v) is 4.52. The molecule has 0 spiro atoms. The van der Waals surface area contributed by atoms with Gasteiger partial charge in [-0.25, -0.2) is 16.8 Å². The van der Waals surface area contributed by atoms with Crippen LogP contribution in [0.15, 0.2) is 76.5 Å². The Morgan fingerprint density at radius 3 is 1.72 bits per heavy atom. The number of carbonyl (C=O) groups excluding carboxylic acids is 1. The average Bonchev–Trinajstić information content (AvgIpc) is 2.76. The normalized spacial score (nSPS) is 11.6. The molecule has 3 aromatic carbocycles. The molecule has 0 fully saturated rings. The summed E-state index contributed by atoms with van der Waals surface area (Å²) in [6.45, 7) is 1.22. The number of rotatable bonds is 7. The molecule has 0 aliphatic carbocycles. The summed E-state index contributed by atoms with van der Waals surface area (Å²) in [5.74, 6) is -0.454. The van der Waals surface area contributed by atoms with Gasteiger partial charge in [-0.1, -0.05) is 72.8 Å². The van der Waals surface area contributed by atoms with E-state index in [1.54, 1.807) is 18.2 Å². The molecule has 3 rings (SSSR count). The van der Waals surface area contributed by atoms with Gasteiger partial charge in [0.05, 0.1) is 9.79 Å². The molecule has 0 radical (unpaired) electrons. The van der Waals surface area contributed by atoms with Gasteiger partial charge in [0, 0.05) is 12.6 Å². The summed E-state index contributed by atoms with van der Waals surface area (Å²) in [4.78, 5) is 10.1. The molecule has 0 saturated heterocycles. The van der Waals surface area contributed by atoms with E-state index in [0.29, 0.717) is 5.56 Å². The minimum Gasteiger partial charge on any atom is -0.744 e. The fourth-order valence-electron chi connectivity index (χ4n) is 3.11. The zero-order chi connectivity index (χ0) is 24.9. The van der Waals surface area contributed by atoms with Crippen LogP contribution in [0.3, 0.4) is 0 Å². The van der Waals surface area contributed by atoms with E-state index in [0.717, 1.165) is 11.6 Å². The first-order chi connectivity index (χ1) is 15.9. The first-order valence-corrected chi connectivity index (χ1v) is 12.6. The average molecular weight is 544 g/mol. The Bertz CT molecular complexity index is 1500. The molecular weight excluding hydrogens is 524 g/mol. The van der Waals surface area contributed by atoms with E-state index >= 15 is 0 Å². The first-order valence-electron chi connectivity index (χ1n) is 9.82. The van der Waals surface area contributed by atoms with Crippen molar-refractivity contribution in [2.75, 3.05) is 5.32 Å². The van der Waals surface area contributed by atoms with E-state index in [2.05, 4.69) is 5.32 Å². The summed E-state index contributed by atoms with van der Waals surface area (Å²) in [6, 6.07) is 17.2. The van der Waals surface area contributed by atoms with Gasteiger partial charge in [0.2, 0.25) is 5.91 Å². The van der Waals surface area contributed by atoms with Gasteiger partial charge in [-0.05, 0) is 40.5 Å². The molecule has 0 heterocycles. The van der Waals surface area contributed by atoms with Crippen molar-refractivity contribution in [2.45, 2.75) is 16.7 Å². The summed E-state index contributed by atoms with van der Waals surface area (Å²) in [5.41, 5.74) is 1.44. The third-order valence-corrected chi connectivity index (χ3v) is 6.40. The Kier molecular flexibility index (Phi) is 12.5. The summed E-state index contributed by atoms with van der Waals surface area (Å²) in [6.07, 6.45) is 5.86. The number of hydrogen-bond acceptors (Lipinski definition) is 7. The number of benzene rings is 3. The van der Waals surface area contributed by atoms with Crippen LogP contribution in [0.4, 0.5) is 5.69 Å². The zero-order valence-electron chi connectivity index (χ0n) is 19.8. The van der Waals surface area contributed by atoms with Gasteiger partial charge in [0.15, 0.2) is 0 Å². The van der Waals surface area contributed by atoms with E-state index in [4.69, 9.17) is 0 Å². The minimum absolute atomic E-state index is 0. The molecular formula is C24H19NNa2O7S2. The van der Waals surface area contributed by atoms with E-state index in [1.807, 2.05) is 30.3 Å². The van der Waals surface area contributed by atoms with E-state index in [9.17, 15) is 30.7 Å². The predicted molar refractivity (Wildman–Crippen MR) is 127 cm³/mol. The van der Waals surface area contributed by atoms with Gasteiger partial charge in [0.1, 0.15) is 20.2 Å². The second-order valence-electron chi connectivity index (χ2n) is 7.22. The van der Waals surface area contributed by atoms with Gasteiger partial charge >= 0.3 is 59.1 Å². The summed E-state index contributed by atoms with van der Waals surface area (Å²) in [5, 5.41) is 2.38. The Hall–Kier alpha value is -1.57. The maximum Gasteiger partial charge on any atom is 1.00 e. The van der Waals surface area contributed by atoms with Crippen molar-refractivity contribution in [1.29, 1.82) is 0 Å². The Morgan fingerprint density at radius 2 is 1.19 bits per heavy atom. The number of carbonyl (C=O) groups is 1. The van der Waals surface area contributed by atoms with Gasteiger partial charge in [0.25, 0.3) is 0 Å². The predicted octanol–water partition coefficient (Wildman–Crippen LogP) is -2.20. The van der Waals surface area contributed by atoms with Crippen LogP contribution in [-0.2, 0) is 25.0 Å². The topological polar surface area (TPSA) is 144 Å². The molecule has 1 amide bonds. The van der Waals surface area contributed by atoms with Crippen LogP contribution < -0.4 is 64.4 Å². The molecule has 12 heteroatoms. The number of hydrogen-bond donors (Lipinski definition) is 1. The van der Waals surface area contributed by atoms with Gasteiger partial charge in [-0.15, -0.1) is 0 Å². The van der Waals surface area contributed by atoms with Crippen LogP contribution in [0.25, 0.3) is 24.3 Å². The maximum absolute atomic E-state index is 11.9. The largest absolute Gasteiger partial charge is 1.00 e. The van der Waals surface area contributed by atoms with Crippen LogP contribution >= 0.6 is 0 Å². The van der Waals surface area contributed by atoms with Crippen LogP contribution in [0.5, 0.6) is 0 Å². The molecule has 0 atom stereocenters. The van der Waals surface area contributed by atoms with E-state index < -0.39 is 35.9 Å². The van der Waals surface area contributed by atoms with E-state index in [-0.39, 0.29) is 75.9 Å². The number of amides is 1. The Morgan fingerprint density at radius 1 is 0.694 bits per heavy atom. The molecule has 176 valence electrons. The molecule has 8 nitrogen and oxygen atoms in total. The van der Waals surface area contributed by atoms with Crippen molar-refractivity contribution >= 4 is 56.1 Å². The minimum atomic E-state index is -4.92. The third kappa shape index (κ3) is 9.38. The molecule has 1 N–H and O–H groups in total. The smallest absolute Gasteiger partial charge is 0.744 e. The van der Waals surface area contributed by atoms with Crippen molar-refractivity contribution in [1.82, 2.24) is 0 Å². The summed E-state index contributed by atoms with van der Waals surface area (Å²) in [7, 11) is -9.78. The molecule has 0 bridgehead atoms. The number of nitrogens with one attached hydrogen (secondary N) is 1. The molecule has 0 saturated carbocycles. The van der Waals surface area contributed by atoms with Gasteiger partial charge < -0.3 is 14.4 Å². The second-order valence-corrected chi connectivity index (χ2v) is 9.91. The standard InChI is InChI=1S/C24H21NO7S2.2Na/c1-17(26)25-22-14-13-21(24(16-22)34(30,31)32)12-11-20-10-9-19(15-23(20)33(27,28)29)8-7-18-5-3-2-4-6-18;;/h2-16H,1H3,(H,25,26)(H,27,28,29)(H,30,31,32);;/q;2*+1/p-2/b8-7+,12-11+;;. The van der Waals surface area contributed by atoms with Gasteiger partial charge in [-0.2, -0.15) is 0 Å².